The van der Waals surface area contributed by atoms with Gasteiger partial charge in [-0.25, -0.2) is 4.98 Å². The molecule has 182 valence electrons. The zero-order chi connectivity index (χ0) is 24.6. The van der Waals surface area contributed by atoms with E-state index in [-0.39, 0.29) is 5.91 Å². The van der Waals surface area contributed by atoms with Gasteiger partial charge in [0, 0.05) is 42.8 Å². The third kappa shape index (κ3) is 4.31. The molecule has 0 atom stereocenters. The lowest BCUT2D eigenvalue weighted by atomic mass is 10.0. The summed E-state index contributed by atoms with van der Waals surface area (Å²) in [4.78, 5) is 22.7. The van der Waals surface area contributed by atoms with Crippen LogP contribution in [0.3, 0.4) is 0 Å². The molecule has 0 spiro atoms. The van der Waals surface area contributed by atoms with Crippen LogP contribution in [0.25, 0.3) is 22.2 Å². The number of aromatic nitrogens is 1. The van der Waals surface area contributed by atoms with E-state index >= 15 is 0 Å². The Kier molecular flexibility index (Phi) is 6.07. The second kappa shape index (κ2) is 9.52. The number of halogens is 2. The summed E-state index contributed by atoms with van der Waals surface area (Å²) in [5, 5.41) is 1.91. The van der Waals surface area contributed by atoms with Crippen molar-refractivity contribution < 1.29 is 14.3 Å². The van der Waals surface area contributed by atoms with Crippen molar-refractivity contribution in [1.82, 2.24) is 9.88 Å². The number of ether oxygens (including phenoxy) is 2. The highest BCUT2D eigenvalue weighted by Crippen LogP contribution is 2.35. The van der Waals surface area contributed by atoms with Gasteiger partial charge in [-0.05, 0) is 48.5 Å². The minimum Gasteiger partial charge on any atom is -0.486 e. The quantitative estimate of drug-likeness (QED) is 0.335. The van der Waals surface area contributed by atoms with Crippen LogP contribution >= 0.6 is 23.2 Å². The normalized spacial score (nSPS) is 15.3. The molecular formula is C28H23Cl2N3O3. The molecule has 1 fully saturated rings. The van der Waals surface area contributed by atoms with Crippen LogP contribution in [0.15, 0.2) is 66.7 Å². The SMILES string of the molecule is O=C(c1cc(-c2ccc3c(c2)OCCO3)nc2ccccc12)N1CCN(c2ccc(Cl)c(Cl)c2)CC1. The minimum absolute atomic E-state index is 0.00109. The van der Waals surface area contributed by atoms with Crippen LogP contribution in [-0.2, 0) is 0 Å². The predicted octanol–water partition coefficient (Wildman–Crippen LogP) is 5.94. The molecule has 2 aliphatic heterocycles. The number of anilines is 1. The van der Waals surface area contributed by atoms with Crippen molar-refractivity contribution in [2.24, 2.45) is 0 Å². The van der Waals surface area contributed by atoms with Crippen LogP contribution in [0.2, 0.25) is 10.0 Å². The van der Waals surface area contributed by atoms with Crippen molar-refractivity contribution in [3.05, 3.63) is 82.3 Å². The Labute approximate surface area is 219 Å². The number of para-hydroxylation sites is 1. The smallest absolute Gasteiger partial charge is 0.254 e. The fourth-order valence-corrected chi connectivity index (χ4v) is 5.02. The number of piperazine rings is 1. The predicted molar refractivity (Wildman–Crippen MR) is 143 cm³/mol. The summed E-state index contributed by atoms with van der Waals surface area (Å²) in [6.07, 6.45) is 0. The average Bonchev–Trinajstić information content (AvgIpc) is 2.93. The van der Waals surface area contributed by atoms with E-state index in [4.69, 9.17) is 37.7 Å². The zero-order valence-corrected chi connectivity index (χ0v) is 20.9. The first-order valence-corrected chi connectivity index (χ1v) is 12.6. The molecule has 36 heavy (non-hydrogen) atoms. The average molecular weight is 520 g/mol. The monoisotopic (exact) mass is 519 g/mol. The lowest BCUT2D eigenvalue weighted by molar-refractivity contribution is 0.0748. The third-order valence-electron chi connectivity index (χ3n) is 6.62. The molecule has 6 nitrogen and oxygen atoms in total. The first-order chi connectivity index (χ1) is 17.6. The van der Waals surface area contributed by atoms with Gasteiger partial charge in [0.1, 0.15) is 13.2 Å². The van der Waals surface area contributed by atoms with Crippen LogP contribution in [0.1, 0.15) is 10.4 Å². The Morgan fingerprint density at radius 1 is 0.806 bits per heavy atom. The Morgan fingerprint density at radius 3 is 2.39 bits per heavy atom. The highest BCUT2D eigenvalue weighted by atomic mass is 35.5. The fourth-order valence-electron chi connectivity index (χ4n) is 4.72. The van der Waals surface area contributed by atoms with Crippen LogP contribution in [0, 0.1) is 0 Å². The molecule has 0 aliphatic carbocycles. The topological polar surface area (TPSA) is 54.9 Å². The van der Waals surface area contributed by atoms with E-state index in [0.717, 1.165) is 33.6 Å². The minimum atomic E-state index is 0.00109. The molecule has 0 saturated carbocycles. The van der Waals surface area contributed by atoms with Crippen molar-refractivity contribution in [2.45, 2.75) is 0 Å². The molecule has 1 saturated heterocycles. The van der Waals surface area contributed by atoms with Crippen molar-refractivity contribution in [1.29, 1.82) is 0 Å². The summed E-state index contributed by atoms with van der Waals surface area (Å²) in [6, 6.07) is 21.1. The maximum atomic E-state index is 13.8. The number of hydrogen-bond donors (Lipinski definition) is 0. The molecule has 0 unspecified atom stereocenters. The highest BCUT2D eigenvalue weighted by molar-refractivity contribution is 6.42. The van der Waals surface area contributed by atoms with E-state index in [1.165, 1.54) is 0 Å². The van der Waals surface area contributed by atoms with Crippen LogP contribution in [0.5, 0.6) is 11.5 Å². The van der Waals surface area contributed by atoms with Gasteiger partial charge in [0.2, 0.25) is 0 Å². The highest BCUT2D eigenvalue weighted by Gasteiger charge is 2.25. The number of amides is 1. The van der Waals surface area contributed by atoms with Gasteiger partial charge in [-0.1, -0.05) is 41.4 Å². The van der Waals surface area contributed by atoms with E-state index in [9.17, 15) is 4.79 Å². The number of fused-ring (bicyclic) bond motifs is 2. The molecule has 0 N–H and O–H groups in total. The molecule has 1 amide bonds. The molecule has 1 aromatic heterocycles. The van der Waals surface area contributed by atoms with E-state index in [0.29, 0.717) is 60.8 Å². The summed E-state index contributed by atoms with van der Waals surface area (Å²) in [5.74, 6) is 1.42. The van der Waals surface area contributed by atoms with Crippen molar-refractivity contribution in [3.8, 4) is 22.8 Å². The van der Waals surface area contributed by atoms with Crippen LogP contribution in [0.4, 0.5) is 5.69 Å². The number of rotatable bonds is 3. The molecule has 2 aliphatic rings. The second-order valence-electron chi connectivity index (χ2n) is 8.81. The summed E-state index contributed by atoms with van der Waals surface area (Å²) in [7, 11) is 0. The maximum absolute atomic E-state index is 13.8. The Hall–Kier alpha value is -3.48. The van der Waals surface area contributed by atoms with E-state index in [1.54, 1.807) is 6.07 Å². The summed E-state index contributed by atoms with van der Waals surface area (Å²) >= 11 is 12.3. The van der Waals surface area contributed by atoms with Gasteiger partial charge in [-0.3, -0.25) is 4.79 Å². The lowest BCUT2D eigenvalue weighted by Gasteiger charge is -2.36. The molecule has 6 rings (SSSR count). The summed E-state index contributed by atoms with van der Waals surface area (Å²) in [6.45, 7) is 3.69. The maximum Gasteiger partial charge on any atom is 0.254 e. The first kappa shape index (κ1) is 23.0. The molecule has 3 aromatic carbocycles. The molecular weight excluding hydrogens is 497 g/mol. The second-order valence-corrected chi connectivity index (χ2v) is 9.62. The molecule has 3 heterocycles. The fraction of sp³-hybridized carbons (Fsp3) is 0.214. The number of benzene rings is 3. The van der Waals surface area contributed by atoms with Gasteiger partial charge in [0.15, 0.2) is 11.5 Å². The third-order valence-corrected chi connectivity index (χ3v) is 7.36. The van der Waals surface area contributed by atoms with Gasteiger partial charge in [0.25, 0.3) is 5.91 Å². The van der Waals surface area contributed by atoms with E-state index in [2.05, 4.69) is 4.90 Å². The molecule has 0 bridgehead atoms. The van der Waals surface area contributed by atoms with Gasteiger partial charge in [-0.2, -0.15) is 0 Å². The van der Waals surface area contributed by atoms with Gasteiger partial charge < -0.3 is 19.3 Å². The zero-order valence-electron chi connectivity index (χ0n) is 19.4. The molecule has 8 heteroatoms. The van der Waals surface area contributed by atoms with Gasteiger partial charge in [0.05, 0.1) is 26.8 Å². The lowest BCUT2D eigenvalue weighted by Crippen LogP contribution is -2.48. The van der Waals surface area contributed by atoms with Gasteiger partial charge in [-0.15, -0.1) is 0 Å². The number of hydrogen-bond acceptors (Lipinski definition) is 5. The molecule has 0 radical (unpaired) electrons. The number of pyridine rings is 1. The number of carbonyl (C=O) groups excluding carboxylic acids is 1. The van der Waals surface area contributed by atoms with Crippen molar-refractivity contribution in [2.75, 3.05) is 44.3 Å². The van der Waals surface area contributed by atoms with Crippen molar-refractivity contribution >= 4 is 45.7 Å². The first-order valence-electron chi connectivity index (χ1n) is 11.9. The number of carbonyl (C=O) groups is 1. The van der Waals surface area contributed by atoms with Gasteiger partial charge >= 0.3 is 0 Å². The Morgan fingerprint density at radius 2 is 1.58 bits per heavy atom. The van der Waals surface area contributed by atoms with Crippen LogP contribution < -0.4 is 14.4 Å². The Bertz CT molecular complexity index is 1470. The Balaban J connectivity index is 1.29. The molecule has 4 aromatic rings. The largest absolute Gasteiger partial charge is 0.486 e. The van der Waals surface area contributed by atoms with Crippen LogP contribution in [-0.4, -0.2) is 55.2 Å². The standard InChI is InChI=1S/C28H23Cl2N3O3/c29-22-7-6-19(16-23(22)30)32-9-11-33(12-10-32)28(34)21-17-25(31-24-4-2-1-3-20(21)24)18-5-8-26-27(15-18)36-14-13-35-26/h1-8,15-17H,9-14H2. The number of nitrogens with zero attached hydrogens (tertiary/aromatic N) is 3. The van der Waals surface area contributed by atoms with Crippen molar-refractivity contribution in [3.63, 3.8) is 0 Å². The summed E-state index contributed by atoms with van der Waals surface area (Å²) in [5.41, 5.74) is 4.04. The van der Waals surface area contributed by atoms with E-state index in [1.807, 2.05) is 65.6 Å². The summed E-state index contributed by atoms with van der Waals surface area (Å²) < 4.78 is 11.4. The van der Waals surface area contributed by atoms with E-state index < -0.39 is 0 Å².